The molecule has 0 saturated heterocycles. The Morgan fingerprint density at radius 3 is 2.20 bits per heavy atom. The first-order valence-corrected chi connectivity index (χ1v) is 6.85. The van der Waals surface area contributed by atoms with Crippen LogP contribution in [0.2, 0.25) is 0 Å². The molecular weight excluding hydrogens is 254 g/mol. The van der Waals surface area contributed by atoms with E-state index in [1.165, 1.54) is 5.56 Å². The molecule has 1 fully saturated rings. The first-order chi connectivity index (χ1) is 9.25. The van der Waals surface area contributed by atoms with Crippen LogP contribution in [-0.2, 0) is 9.59 Å². The van der Waals surface area contributed by atoms with E-state index in [1.54, 1.807) is 0 Å². The number of aryl methyl sites for hydroxylation is 1. The number of carbonyl (C=O) groups is 2. The molecule has 3 atom stereocenters. The third-order valence-corrected chi connectivity index (χ3v) is 4.31. The van der Waals surface area contributed by atoms with Gasteiger partial charge in [-0.15, -0.1) is 0 Å². The molecule has 1 aromatic carbocycles. The van der Waals surface area contributed by atoms with Gasteiger partial charge in [-0.1, -0.05) is 43.7 Å². The summed E-state index contributed by atoms with van der Waals surface area (Å²) in [5.74, 6) is -2.07. The summed E-state index contributed by atoms with van der Waals surface area (Å²) in [5.41, 5.74) is 1.74. The van der Waals surface area contributed by atoms with Crippen LogP contribution in [0.1, 0.15) is 37.9 Å². The summed E-state index contributed by atoms with van der Waals surface area (Å²) in [6.07, 6.45) is 0. The van der Waals surface area contributed by atoms with Crippen LogP contribution in [0.15, 0.2) is 24.3 Å². The van der Waals surface area contributed by atoms with Crippen LogP contribution in [0.3, 0.4) is 0 Å². The van der Waals surface area contributed by atoms with E-state index in [4.69, 9.17) is 5.11 Å². The lowest BCUT2D eigenvalue weighted by Gasteiger charge is -2.15. The average Bonchev–Trinajstić information content (AvgIpc) is 2.93. The van der Waals surface area contributed by atoms with Gasteiger partial charge in [-0.05, 0) is 24.8 Å². The molecule has 4 heteroatoms. The Labute approximate surface area is 119 Å². The molecule has 0 spiro atoms. The number of benzene rings is 1. The van der Waals surface area contributed by atoms with Crippen LogP contribution in [0.25, 0.3) is 0 Å². The maximum absolute atomic E-state index is 12.2. The third kappa shape index (κ3) is 2.55. The molecule has 1 saturated carbocycles. The van der Waals surface area contributed by atoms with Crippen molar-refractivity contribution in [1.29, 1.82) is 0 Å². The number of carboxylic acids is 1. The number of rotatable bonds is 4. The predicted octanol–water partition coefficient (Wildman–Crippen LogP) is 2.53. The number of nitrogens with one attached hydrogen (secondary N) is 1. The average molecular weight is 275 g/mol. The van der Waals surface area contributed by atoms with E-state index in [-0.39, 0.29) is 11.9 Å². The standard InChI is InChI=1S/C16H21NO3/c1-9-5-7-11(8-6-9)10(2)17-14(18)12-13(15(19)20)16(12,3)4/h5-8,10,12-13H,1-4H3,(H,17,18)(H,19,20)/t10-,12+,13-/m0/s1. The topological polar surface area (TPSA) is 66.4 Å². The van der Waals surface area contributed by atoms with Gasteiger partial charge in [0.2, 0.25) is 5.91 Å². The SMILES string of the molecule is Cc1ccc([C@H](C)NC(=O)[C@H]2[C@@H](C(=O)O)C2(C)C)cc1. The van der Waals surface area contributed by atoms with Crippen molar-refractivity contribution < 1.29 is 14.7 Å². The number of aliphatic carboxylic acids is 1. The number of carboxylic acid groups (broad SMARTS) is 1. The molecule has 0 aliphatic heterocycles. The van der Waals surface area contributed by atoms with Gasteiger partial charge in [0.25, 0.3) is 0 Å². The highest BCUT2D eigenvalue weighted by Crippen LogP contribution is 2.58. The Bertz CT molecular complexity index is 533. The first-order valence-electron chi connectivity index (χ1n) is 6.85. The molecule has 0 bridgehead atoms. The molecule has 1 aromatic rings. The van der Waals surface area contributed by atoms with Crippen molar-refractivity contribution in [1.82, 2.24) is 5.32 Å². The highest BCUT2D eigenvalue weighted by atomic mass is 16.4. The molecule has 4 nitrogen and oxygen atoms in total. The molecule has 1 aliphatic carbocycles. The van der Waals surface area contributed by atoms with Crippen molar-refractivity contribution in [2.75, 3.05) is 0 Å². The Balaban J connectivity index is 2.02. The molecular formula is C16H21NO3. The summed E-state index contributed by atoms with van der Waals surface area (Å²) in [7, 11) is 0. The van der Waals surface area contributed by atoms with Gasteiger partial charge in [-0.25, -0.2) is 0 Å². The van der Waals surface area contributed by atoms with Crippen molar-refractivity contribution >= 4 is 11.9 Å². The minimum atomic E-state index is -0.891. The molecule has 2 rings (SSSR count). The van der Waals surface area contributed by atoms with E-state index >= 15 is 0 Å². The smallest absolute Gasteiger partial charge is 0.307 e. The van der Waals surface area contributed by atoms with E-state index in [1.807, 2.05) is 52.0 Å². The normalized spacial score (nSPS) is 24.8. The number of carbonyl (C=O) groups excluding carboxylic acids is 1. The zero-order valence-electron chi connectivity index (χ0n) is 12.3. The molecule has 1 amide bonds. The summed E-state index contributed by atoms with van der Waals surface area (Å²) >= 11 is 0. The maximum Gasteiger partial charge on any atom is 0.307 e. The van der Waals surface area contributed by atoms with Gasteiger partial charge in [-0.2, -0.15) is 0 Å². The van der Waals surface area contributed by atoms with E-state index in [9.17, 15) is 9.59 Å². The zero-order chi connectivity index (χ0) is 15.1. The predicted molar refractivity (Wildman–Crippen MR) is 76.1 cm³/mol. The number of amides is 1. The minimum absolute atomic E-state index is 0.117. The van der Waals surface area contributed by atoms with Crippen molar-refractivity contribution in [3.63, 3.8) is 0 Å². The van der Waals surface area contributed by atoms with E-state index in [0.717, 1.165) is 5.56 Å². The van der Waals surface area contributed by atoms with Gasteiger partial charge in [0.1, 0.15) is 0 Å². The fraction of sp³-hybridized carbons (Fsp3) is 0.500. The second kappa shape index (κ2) is 4.93. The molecule has 0 heterocycles. The Morgan fingerprint density at radius 2 is 1.75 bits per heavy atom. The highest BCUT2D eigenvalue weighted by Gasteiger charge is 2.65. The summed E-state index contributed by atoms with van der Waals surface area (Å²) < 4.78 is 0. The second-order valence-electron chi connectivity index (χ2n) is 6.26. The van der Waals surface area contributed by atoms with Crippen molar-refractivity contribution in [2.24, 2.45) is 17.3 Å². The number of hydrogen-bond donors (Lipinski definition) is 2. The van der Waals surface area contributed by atoms with Crippen molar-refractivity contribution in [3.05, 3.63) is 35.4 Å². The monoisotopic (exact) mass is 275 g/mol. The largest absolute Gasteiger partial charge is 0.481 e. The van der Waals surface area contributed by atoms with Crippen LogP contribution in [0.4, 0.5) is 0 Å². The summed E-state index contributed by atoms with van der Waals surface area (Å²) in [6, 6.07) is 7.84. The lowest BCUT2D eigenvalue weighted by atomic mass is 10.1. The molecule has 0 radical (unpaired) electrons. The van der Waals surface area contributed by atoms with E-state index in [2.05, 4.69) is 5.32 Å². The molecule has 0 aromatic heterocycles. The van der Waals surface area contributed by atoms with Crippen molar-refractivity contribution in [2.45, 2.75) is 33.7 Å². The van der Waals surface area contributed by atoms with Crippen LogP contribution < -0.4 is 5.32 Å². The Kier molecular flexibility index (Phi) is 3.59. The van der Waals surface area contributed by atoms with Gasteiger partial charge in [0.15, 0.2) is 0 Å². The van der Waals surface area contributed by atoms with Crippen LogP contribution in [0.5, 0.6) is 0 Å². The molecule has 0 unspecified atom stereocenters. The van der Waals surface area contributed by atoms with Gasteiger partial charge in [0.05, 0.1) is 17.9 Å². The van der Waals surface area contributed by atoms with Gasteiger partial charge in [-0.3, -0.25) is 9.59 Å². The number of hydrogen-bond acceptors (Lipinski definition) is 2. The van der Waals surface area contributed by atoms with Gasteiger partial charge >= 0.3 is 5.97 Å². The first kappa shape index (κ1) is 14.6. The Hall–Kier alpha value is -1.84. The lowest BCUT2D eigenvalue weighted by Crippen LogP contribution is -2.30. The van der Waals surface area contributed by atoms with E-state index < -0.39 is 23.2 Å². The fourth-order valence-corrected chi connectivity index (χ4v) is 2.83. The second-order valence-corrected chi connectivity index (χ2v) is 6.26. The fourth-order valence-electron chi connectivity index (χ4n) is 2.83. The zero-order valence-corrected chi connectivity index (χ0v) is 12.3. The summed E-state index contributed by atoms with van der Waals surface area (Å²) in [6.45, 7) is 7.57. The van der Waals surface area contributed by atoms with Gasteiger partial charge < -0.3 is 10.4 Å². The van der Waals surface area contributed by atoms with Gasteiger partial charge in [0, 0.05) is 0 Å². The van der Waals surface area contributed by atoms with Crippen LogP contribution in [0, 0.1) is 24.2 Å². The van der Waals surface area contributed by atoms with Crippen molar-refractivity contribution in [3.8, 4) is 0 Å². The summed E-state index contributed by atoms with van der Waals surface area (Å²) in [5, 5.41) is 12.0. The third-order valence-electron chi connectivity index (χ3n) is 4.31. The van der Waals surface area contributed by atoms with E-state index in [0.29, 0.717) is 0 Å². The lowest BCUT2D eigenvalue weighted by molar-refractivity contribution is -0.140. The molecule has 108 valence electrons. The summed E-state index contributed by atoms with van der Waals surface area (Å²) in [4.78, 5) is 23.3. The quantitative estimate of drug-likeness (QED) is 0.887. The minimum Gasteiger partial charge on any atom is -0.481 e. The highest BCUT2D eigenvalue weighted by molar-refractivity contribution is 5.91. The molecule has 1 aliphatic rings. The molecule has 2 N–H and O–H groups in total. The molecule has 20 heavy (non-hydrogen) atoms. The van der Waals surface area contributed by atoms with Crippen LogP contribution >= 0.6 is 0 Å². The van der Waals surface area contributed by atoms with Crippen LogP contribution in [-0.4, -0.2) is 17.0 Å². The maximum atomic E-state index is 12.2. The Morgan fingerprint density at radius 1 is 1.20 bits per heavy atom.